The van der Waals surface area contributed by atoms with E-state index in [-0.39, 0.29) is 17.6 Å². The van der Waals surface area contributed by atoms with Crippen molar-refractivity contribution in [3.8, 4) is 5.75 Å². The number of carbonyl (C=O) groups excluding carboxylic acids is 1. The van der Waals surface area contributed by atoms with Gasteiger partial charge in [-0.15, -0.1) is 11.3 Å². The summed E-state index contributed by atoms with van der Waals surface area (Å²) in [7, 11) is 2.16. The summed E-state index contributed by atoms with van der Waals surface area (Å²) in [6.45, 7) is 2.06. The fourth-order valence-electron chi connectivity index (χ4n) is 4.59. The number of piperidine rings is 1. The Morgan fingerprint density at radius 2 is 1.97 bits per heavy atom. The Kier molecular flexibility index (Phi) is 5.21. The molecule has 2 aliphatic rings. The molecule has 0 unspecified atom stereocenters. The van der Waals surface area contributed by atoms with Crippen molar-refractivity contribution in [1.29, 1.82) is 0 Å². The third-order valence-electron chi connectivity index (χ3n) is 6.33. The molecule has 3 aromatic rings. The van der Waals surface area contributed by atoms with E-state index in [1.165, 1.54) is 4.70 Å². The molecule has 1 aromatic heterocycles. The zero-order valence-electron chi connectivity index (χ0n) is 17.3. The van der Waals surface area contributed by atoms with Crippen LogP contribution in [0.3, 0.4) is 0 Å². The quantitative estimate of drug-likeness (QED) is 0.681. The first-order valence-electron chi connectivity index (χ1n) is 10.7. The van der Waals surface area contributed by atoms with Crippen molar-refractivity contribution in [2.24, 2.45) is 0 Å². The molecule has 1 N–H and O–H groups in total. The van der Waals surface area contributed by atoms with Gasteiger partial charge in [0.15, 0.2) is 0 Å². The van der Waals surface area contributed by atoms with Gasteiger partial charge >= 0.3 is 0 Å². The minimum atomic E-state index is -0.175. The third-order valence-corrected chi connectivity index (χ3v) is 7.43. The molecule has 0 bridgehead atoms. The second kappa shape index (κ2) is 8.00. The number of hydrogen-bond acceptors (Lipinski definition) is 5. The molecule has 0 radical (unpaired) electrons. The van der Waals surface area contributed by atoms with Gasteiger partial charge in [0, 0.05) is 37.9 Å². The zero-order chi connectivity index (χ0) is 20.6. The number of rotatable bonds is 4. The van der Waals surface area contributed by atoms with E-state index in [0.29, 0.717) is 12.8 Å². The number of para-hydroxylation sites is 2. The number of aromatic nitrogens is 1. The molecule has 5 nitrogen and oxygen atoms in total. The Morgan fingerprint density at radius 1 is 1.20 bits per heavy atom. The van der Waals surface area contributed by atoms with Gasteiger partial charge in [-0.3, -0.25) is 4.79 Å². The lowest BCUT2D eigenvalue weighted by Crippen LogP contribution is -2.51. The number of ether oxygens (including phenoxy) is 1. The average molecular weight is 422 g/mol. The maximum Gasteiger partial charge on any atom is 0.220 e. The van der Waals surface area contributed by atoms with Crippen LogP contribution in [-0.2, 0) is 11.2 Å². The predicted octanol–water partition coefficient (Wildman–Crippen LogP) is 4.33. The summed E-state index contributed by atoms with van der Waals surface area (Å²) in [6.07, 6.45) is 3.96. The maximum absolute atomic E-state index is 12.8. The second-order valence-corrected chi connectivity index (χ2v) is 9.64. The number of benzene rings is 2. The van der Waals surface area contributed by atoms with E-state index in [0.717, 1.165) is 54.2 Å². The Bertz CT molecular complexity index is 1020. The molecule has 1 atom stereocenters. The minimum Gasteiger partial charge on any atom is -0.487 e. The summed E-state index contributed by atoms with van der Waals surface area (Å²) in [6, 6.07) is 16.3. The van der Waals surface area contributed by atoms with Gasteiger partial charge in [0.1, 0.15) is 11.4 Å². The number of fused-ring (bicyclic) bond motifs is 2. The van der Waals surface area contributed by atoms with Crippen LogP contribution in [0, 0.1) is 0 Å². The van der Waals surface area contributed by atoms with Crippen LogP contribution in [0.1, 0.15) is 42.3 Å². The highest BCUT2D eigenvalue weighted by molar-refractivity contribution is 7.18. The number of nitrogens with zero attached hydrogens (tertiary/aromatic N) is 2. The molecule has 1 fully saturated rings. The van der Waals surface area contributed by atoms with Crippen LogP contribution in [0.25, 0.3) is 10.2 Å². The van der Waals surface area contributed by atoms with Crippen LogP contribution >= 0.6 is 11.3 Å². The highest BCUT2D eigenvalue weighted by atomic mass is 32.1. The Hall–Kier alpha value is -2.44. The molecule has 0 saturated carbocycles. The molecule has 1 spiro atoms. The van der Waals surface area contributed by atoms with E-state index in [1.54, 1.807) is 11.3 Å². The molecule has 30 heavy (non-hydrogen) atoms. The molecule has 1 amide bonds. The Labute approximate surface area is 181 Å². The number of nitrogens with one attached hydrogen (secondary N) is 1. The van der Waals surface area contributed by atoms with Gasteiger partial charge in [-0.25, -0.2) is 4.98 Å². The molecule has 6 heteroatoms. The number of hydrogen-bond donors (Lipinski definition) is 1. The molecule has 2 aromatic carbocycles. The highest BCUT2D eigenvalue weighted by Gasteiger charge is 2.43. The summed E-state index contributed by atoms with van der Waals surface area (Å²) >= 11 is 1.68. The van der Waals surface area contributed by atoms with Gasteiger partial charge in [-0.1, -0.05) is 30.3 Å². The van der Waals surface area contributed by atoms with E-state index in [9.17, 15) is 4.79 Å². The fraction of sp³-hybridized carbons (Fsp3) is 0.417. The van der Waals surface area contributed by atoms with E-state index in [1.807, 2.05) is 36.4 Å². The first-order valence-corrected chi connectivity index (χ1v) is 11.5. The van der Waals surface area contributed by atoms with Crippen molar-refractivity contribution >= 4 is 27.5 Å². The van der Waals surface area contributed by atoms with Crippen LogP contribution in [0.4, 0.5) is 0 Å². The van der Waals surface area contributed by atoms with Gasteiger partial charge in [-0.05, 0) is 38.1 Å². The number of carbonyl (C=O) groups is 1. The number of amides is 1. The minimum absolute atomic E-state index is 0.00113. The van der Waals surface area contributed by atoms with E-state index in [2.05, 4.69) is 34.4 Å². The lowest BCUT2D eigenvalue weighted by atomic mass is 9.80. The summed E-state index contributed by atoms with van der Waals surface area (Å²) in [4.78, 5) is 19.9. The van der Waals surface area contributed by atoms with Gasteiger partial charge in [0.25, 0.3) is 0 Å². The van der Waals surface area contributed by atoms with E-state index >= 15 is 0 Å². The monoisotopic (exact) mass is 421 g/mol. The van der Waals surface area contributed by atoms with Crippen molar-refractivity contribution in [3.63, 3.8) is 0 Å². The van der Waals surface area contributed by atoms with Crippen LogP contribution in [0.15, 0.2) is 48.5 Å². The number of thiazole rings is 1. The van der Waals surface area contributed by atoms with Gasteiger partial charge in [0.05, 0.1) is 21.3 Å². The van der Waals surface area contributed by atoms with Crippen molar-refractivity contribution in [1.82, 2.24) is 15.2 Å². The average Bonchev–Trinajstić information content (AvgIpc) is 3.18. The van der Waals surface area contributed by atoms with Crippen LogP contribution < -0.4 is 10.1 Å². The SMILES string of the molecule is CN1CCC2(CC1)C[C@H](NC(=O)CCc1nc3ccccc3s1)c1ccccc1O2. The van der Waals surface area contributed by atoms with Crippen molar-refractivity contribution < 1.29 is 9.53 Å². The van der Waals surface area contributed by atoms with Crippen molar-refractivity contribution in [2.45, 2.75) is 43.7 Å². The Balaban J connectivity index is 1.28. The van der Waals surface area contributed by atoms with Crippen molar-refractivity contribution in [2.75, 3.05) is 20.1 Å². The second-order valence-electron chi connectivity index (χ2n) is 8.53. The molecular formula is C24H27N3O2S. The normalized spacial score (nSPS) is 20.6. The number of likely N-dealkylation sites (tertiary alicyclic amines) is 1. The predicted molar refractivity (Wildman–Crippen MR) is 120 cm³/mol. The molecule has 2 aliphatic heterocycles. The summed E-state index contributed by atoms with van der Waals surface area (Å²) in [5.74, 6) is 1.00. The molecule has 156 valence electrons. The van der Waals surface area contributed by atoms with Gasteiger partial charge < -0.3 is 15.0 Å². The molecule has 1 saturated heterocycles. The first-order chi connectivity index (χ1) is 14.6. The Morgan fingerprint density at radius 3 is 2.80 bits per heavy atom. The standard InChI is InChI=1S/C24H27N3O2S/c1-27-14-12-24(13-15-27)16-19(17-6-2-4-8-20(17)29-24)25-22(28)10-11-23-26-18-7-3-5-9-21(18)30-23/h2-9,19H,10-16H2,1H3,(H,25,28)/t19-/m0/s1. The molecule has 5 rings (SSSR count). The van der Waals surface area contributed by atoms with Gasteiger partial charge in [0.2, 0.25) is 5.91 Å². The lowest BCUT2D eigenvalue weighted by molar-refractivity contribution is -0.122. The van der Waals surface area contributed by atoms with E-state index in [4.69, 9.17) is 4.74 Å². The maximum atomic E-state index is 12.8. The largest absolute Gasteiger partial charge is 0.487 e. The summed E-state index contributed by atoms with van der Waals surface area (Å²) in [5, 5.41) is 4.33. The fourth-order valence-corrected chi connectivity index (χ4v) is 5.56. The van der Waals surface area contributed by atoms with Crippen LogP contribution in [-0.4, -0.2) is 41.5 Å². The molecule has 3 heterocycles. The van der Waals surface area contributed by atoms with E-state index < -0.39 is 0 Å². The lowest BCUT2D eigenvalue weighted by Gasteiger charge is -2.46. The summed E-state index contributed by atoms with van der Waals surface area (Å²) < 4.78 is 7.67. The van der Waals surface area contributed by atoms with Crippen molar-refractivity contribution in [3.05, 3.63) is 59.1 Å². The smallest absolute Gasteiger partial charge is 0.220 e. The molecule has 0 aliphatic carbocycles. The first kappa shape index (κ1) is 19.5. The topological polar surface area (TPSA) is 54.5 Å². The van der Waals surface area contributed by atoms with Crippen LogP contribution in [0.5, 0.6) is 5.75 Å². The number of aryl methyl sites for hydroxylation is 1. The molecular weight excluding hydrogens is 394 g/mol. The third kappa shape index (κ3) is 3.94. The summed E-state index contributed by atoms with van der Waals surface area (Å²) in [5.41, 5.74) is 1.93. The zero-order valence-corrected chi connectivity index (χ0v) is 18.1. The van der Waals surface area contributed by atoms with Crippen LogP contribution in [0.2, 0.25) is 0 Å². The van der Waals surface area contributed by atoms with Gasteiger partial charge in [-0.2, -0.15) is 0 Å². The highest BCUT2D eigenvalue weighted by Crippen LogP contribution is 2.44.